The smallest absolute Gasteiger partial charge is 0.311 e. The fraction of sp³-hybridized carbons (Fsp3) is 0.284. The van der Waals surface area contributed by atoms with Crippen molar-refractivity contribution in [2.75, 3.05) is 21.3 Å². The molecule has 2 atom stereocenters. The molecule has 9 rings (SSSR count). The summed E-state index contributed by atoms with van der Waals surface area (Å²) in [7, 11) is 4.04. The van der Waals surface area contributed by atoms with E-state index in [1.165, 1.54) is 71.4 Å². The van der Waals surface area contributed by atoms with Gasteiger partial charge in [-0.25, -0.2) is 13.2 Å². The highest BCUT2D eigenvalue weighted by Crippen LogP contribution is 2.44. The number of carbonyl (C=O) groups excluding carboxylic acids is 3. The lowest BCUT2D eigenvalue weighted by molar-refractivity contribution is -0.142. The first-order chi connectivity index (χ1) is 40.0. The largest absolute Gasteiger partial charge is 0.494 e. The zero-order valence-corrected chi connectivity index (χ0v) is 49.8. The number of fused-ring (bicyclic) bond motifs is 3. The Bertz CT molecular complexity index is 4090. The molecular formula is C67H68F3N3O12. The van der Waals surface area contributed by atoms with Crippen LogP contribution in [0.5, 0.6) is 17.2 Å². The van der Waals surface area contributed by atoms with Gasteiger partial charge in [0.25, 0.3) is 17.7 Å². The van der Waals surface area contributed by atoms with Crippen molar-refractivity contribution in [2.45, 2.75) is 94.4 Å². The van der Waals surface area contributed by atoms with Crippen molar-refractivity contribution in [1.29, 1.82) is 0 Å². The number of aliphatic carboxylic acids is 3. The molecular weight excluding hydrogens is 1100 g/mol. The van der Waals surface area contributed by atoms with Crippen LogP contribution >= 0.6 is 0 Å². The van der Waals surface area contributed by atoms with Crippen molar-refractivity contribution >= 4 is 68.3 Å². The van der Waals surface area contributed by atoms with Crippen LogP contribution in [0.1, 0.15) is 128 Å². The summed E-state index contributed by atoms with van der Waals surface area (Å²) in [5.74, 6) is -7.85. The van der Waals surface area contributed by atoms with E-state index in [4.69, 9.17) is 14.2 Å². The van der Waals surface area contributed by atoms with E-state index in [2.05, 4.69) is 0 Å². The molecule has 3 aromatic heterocycles. The molecule has 6 aromatic carbocycles. The summed E-state index contributed by atoms with van der Waals surface area (Å²) < 4.78 is 62.7. The summed E-state index contributed by atoms with van der Waals surface area (Å²) in [5.41, 5.74) is 7.57. The van der Waals surface area contributed by atoms with Gasteiger partial charge in [-0.2, -0.15) is 0 Å². The molecule has 444 valence electrons. The van der Waals surface area contributed by atoms with Crippen LogP contribution in [0.25, 0.3) is 32.7 Å². The van der Waals surface area contributed by atoms with Crippen molar-refractivity contribution < 1.29 is 71.5 Å². The van der Waals surface area contributed by atoms with E-state index in [0.717, 1.165) is 16.7 Å². The number of hydrogen-bond acceptors (Lipinski definition) is 9. The SMILES string of the molecule is COc1cc2c(C(C(=O)O)C(C)(C)C)c(C)n(C(=O)c3ccc(C)cc3)c2cc1F.COc1cc2c(C(C(=O)O)C(C)C)c(C)n(C(=O)c3ccc(C)cc3)c2cc1F.COc1cc2c(CC(=O)O)c(C)n(C(=O)c3ccc(C)cc3)c2cc1F. The van der Waals surface area contributed by atoms with Gasteiger partial charge in [-0.15, -0.1) is 0 Å². The minimum atomic E-state index is -1.03. The Balaban J connectivity index is 0.000000183. The molecule has 0 radical (unpaired) electrons. The zero-order valence-electron chi connectivity index (χ0n) is 49.8. The zero-order chi connectivity index (χ0) is 62.8. The van der Waals surface area contributed by atoms with Crippen LogP contribution in [0.15, 0.2) is 109 Å². The predicted octanol–water partition coefficient (Wildman–Crippen LogP) is 13.9. The minimum Gasteiger partial charge on any atom is -0.494 e. The molecule has 0 spiro atoms. The maximum atomic E-state index is 14.6. The lowest BCUT2D eigenvalue weighted by Gasteiger charge is -2.28. The van der Waals surface area contributed by atoms with Crippen molar-refractivity contribution in [2.24, 2.45) is 11.3 Å². The quantitative estimate of drug-likeness (QED) is 0.0986. The maximum absolute atomic E-state index is 14.6. The molecule has 9 aromatic rings. The van der Waals surface area contributed by atoms with Gasteiger partial charge in [0.05, 0.1) is 56.1 Å². The number of halogens is 3. The van der Waals surface area contributed by atoms with E-state index in [0.29, 0.717) is 83.2 Å². The third-order valence-electron chi connectivity index (χ3n) is 15.1. The molecule has 18 heteroatoms. The highest BCUT2D eigenvalue weighted by atomic mass is 19.1. The van der Waals surface area contributed by atoms with Gasteiger partial charge in [0, 0.05) is 68.1 Å². The van der Waals surface area contributed by atoms with Crippen molar-refractivity contribution in [3.63, 3.8) is 0 Å². The highest BCUT2D eigenvalue weighted by molar-refractivity contribution is 6.08. The number of hydrogen-bond donors (Lipinski definition) is 3. The fourth-order valence-corrected chi connectivity index (χ4v) is 10.9. The lowest BCUT2D eigenvalue weighted by Crippen LogP contribution is -2.27. The average molecular weight is 1160 g/mol. The topological polar surface area (TPSA) is 206 Å². The summed E-state index contributed by atoms with van der Waals surface area (Å²) in [6.45, 7) is 19.9. The Morgan fingerprint density at radius 3 is 1.09 bits per heavy atom. The third kappa shape index (κ3) is 12.6. The summed E-state index contributed by atoms with van der Waals surface area (Å²) >= 11 is 0. The summed E-state index contributed by atoms with van der Waals surface area (Å²) in [5, 5.41) is 30.6. The van der Waals surface area contributed by atoms with E-state index >= 15 is 0 Å². The molecule has 0 amide bonds. The van der Waals surface area contributed by atoms with Crippen LogP contribution in [0.3, 0.4) is 0 Å². The predicted molar refractivity (Wildman–Crippen MR) is 319 cm³/mol. The molecule has 0 aliphatic rings. The Morgan fingerprint density at radius 2 is 0.788 bits per heavy atom. The Hall–Kier alpha value is -9.45. The first-order valence-electron chi connectivity index (χ1n) is 27.1. The van der Waals surface area contributed by atoms with Gasteiger partial charge < -0.3 is 29.5 Å². The standard InChI is InChI=1S/C24H26FNO4.C23H24FNO4.C20H18FNO4/c1-13-7-9-15(10-8-13)22(27)26-14(2)20(21(23(28)29)24(3,4)5)16-11-19(30-6)17(25)12-18(16)26;1-12(2)20(23(27)28)21-14(4)25(22(26)15-8-6-13(3)7-9-15)18-11-17(24)19(29-5)10-16(18)21;1-11-4-6-13(7-5-11)20(25)22-12(2)14(9-19(23)24)15-8-18(26-3)16(21)10-17(15)22/h7-12,21H,1-6H3,(H,28,29);6-12,20H,1-5H3,(H,27,28);4-8,10H,9H2,1-3H3,(H,23,24). The van der Waals surface area contributed by atoms with Gasteiger partial charge >= 0.3 is 17.9 Å². The van der Waals surface area contributed by atoms with Crippen molar-refractivity contribution in [1.82, 2.24) is 13.7 Å². The fourth-order valence-electron chi connectivity index (χ4n) is 10.9. The number of carboxylic acid groups (broad SMARTS) is 3. The monoisotopic (exact) mass is 1160 g/mol. The second kappa shape index (κ2) is 25.2. The molecule has 2 unspecified atom stereocenters. The molecule has 85 heavy (non-hydrogen) atoms. The Kier molecular flexibility index (Phi) is 18.7. The van der Waals surface area contributed by atoms with Gasteiger partial charge in [0.15, 0.2) is 34.7 Å². The minimum absolute atomic E-state index is 0.00160. The number of nitrogens with zero attached hydrogens (tertiary/aromatic N) is 3. The molecule has 3 N–H and O–H groups in total. The first kappa shape index (κ1) is 63.1. The molecule has 0 bridgehead atoms. The van der Waals surface area contributed by atoms with Crippen LogP contribution in [-0.4, -0.2) is 86.0 Å². The third-order valence-corrected chi connectivity index (χ3v) is 15.1. The van der Waals surface area contributed by atoms with Gasteiger partial charge in [-0.1, -0.05) is 87.7 Å². The second-order valence-corrected chi connectivity index (χ2v) is 22.4. The van der Waals surface area contributed by atoms with Crippen LogP contribution in [0.4, 0.5) is 13.2 Å². The molecule has 0 saturated carbocycles. The normalized spacial score (nSPS) is 12.1. The number of aryl methyl sites for hydroxylation is 3. The number of aromatic nitrogens is 3. The molecule has 3 heterocycles. The number of ether oxygens (including phenoxy) is 3. The van der Waals surface area contributed by atoms with Crippen LogP contribution in [-0.2, 0) is 20.8 Å². The Morgan fingerprint density at radius 1 is 0.471 bits per heavy atom. The summed E-state index contributed by atoms with van der Waals surface area (Å²) in [4.78, 5) is 75.3. The average Bonchev–Trinajstić information content (AvgIpc) is 1.79. The number of carbonyl (C=O) groups is 6. The number of rotatable bonds is 13. The van der Waals surface area contributed by atoms with Crippen LogP contribution < -0.4 is 14.2 Å². The first-order valence-corrected chi connectivity index (χ1v) is 27.1. The van der Waals surface area contributed by atoms with E-state index < -0.39 is 52.6 Å². The van der Waals surface area contributed by atoms with Crippen molar-refractivity contribution in [3.05, 3.63) is 194 Å². The molecule has 0 fully saturated rings. The van der Waals surface area contributed by atoms with E-state index in [1.807, 2.05) is 91.8 Å². The van der Waals surface area contributed by atoms with E-state index in [-0.39, 0.29) is 47.3 Å². The molecule has 15 nitrogen and oxygen atoms in total. The number of methoxy groups -OCH3 is 3. The number of benzene rings is 6. The maximum Gasteiger partial charge on any atom is 0.311 e. The van der Waals surface area contributed by atoms with Gasteiger partial charge in [0.2, 0.25) is 0 Å². The molecule has 0 aliphatic heterocycles. The van der Waals surface area contributed by atoms with Crippen LogP contribution in [0, 0.1) is 70.3 Å². The molecule has 0 aliphatic carbocycles. The van der Waals surface area contributed by atoms with E-state index in [9.17, 15) is 57.3 Å². The van der Waals surface area contributed by atoms with Gasteiger partial charge in [-0.3, -0.25) is 42.5 Å². The van der Waals surface area contributed by atoms with Crippen LogP contribution in [0.2, 0.25) is 0 Å². The molecule has 0 saturated heterocycles. The summed E-state index contributed by atoms with van der Waals surface area (Å²) in [6.07, 6.45) is -0.273. The number of carboxylic acids is 3. The van der Waals surface area contributed by atoms with E-state index in [1.54, 1.807) is 57.2 Å². The summed E-state index contributed by atoms with van der Waals surface area (Å²) in [6, 6.07) is 29.2. The van der Waals surface area contributed by atoms with Gasteiger partial charge in [0.1, 0.15) is 0 Å². The lowest BCUT2D eigenvalue weighted by atomic mass is 9.75. The van der Waals surface area contributed by atoms with Crippen molar-refractivity contribution in [3.8, 4) is 17.2 Å². The highest BCUT2D eigenvalue weighted by Gasteiger charge is 2.38. The van der Waals surface area contributed by atoms with Gasteiger partial charge in [-0.05, 0) is 124 Å². The second-order valence-electron chi connectivity index (χ2n) is 22.4. The Labute approximate surface area is 489 Å².